The molecule has 1 aromatic carbocycles. The molecular formula is C14H11N5SSe. The average Bonchev–Trinajstić information content (AvgIpc) is 3.23. The molecule has 1 aliphatic rings. The Morgan fingerprint density at radius 3 is 3.10 bits per heavy atom. The van der Waals surface area contributed by atoms with Crippen molar-refractivity contribution in [1.82, 2.24) is 10.2 Å². The second kappa shape index (κ2) is 5.44. The predicted octanol–water partition coefficient (Wildman–Crippen LogP) is 4.10. The fraction of sp³-hybridized carbons (Fsp3) is 0.0714. The fourth-order valence-corrected chi connectivity index (χ4v) is 4.13. The Morgan fingerprint density at radius 1 is 1.19 bits per heavy atom. The van der Waals surface area contributed by atoms with Crippen LogP contribution in [0.4, 0.5) is 17.1 Å². The van der Waals surface area contributed by atoms with Gasteiger partial charge in [-0.15, -0.1) is 0 Å². The number of hydrogen-bond acceptors (Lipinski definition) is 5. The molecule has 0 bridgehead atoms. The Morgan fingerprint density at radius 2 is 2.19 bits per heavy atom. The van der Waals surface area contributed by atoms with E-state index >= 15 is 0 Å². The average molecular weight is 360 g/mol. The van der Waals surface area contributed by atoms with Crippen molar-refractivity contribution in [2.75, 3.05) is 5.32 Å². The van der Waals surface area contributed by atoms with Crippen LogP contribution in [0.15, 0.2) is 49.8 Å². The van der Waals surface area contributed by atoms with Crippen molar-refractivity contribution in [3.05, 3.63) is 47.5 Å². The number of benzene rings is 1. The maximum atomic E-state index is 4.48. The molecule has 0 atom stereocenters. The SMILES string of the molecule is c1csc(-c2[nH]ncc2CNc2cccc3c2N=[Se]=N3)c1. The van der Waals surface area contributed by atoms with Gasteiger partial charge in [-0.1, -0.05) is 0 Å². The molecular weight excluding hydrogens is 349 g/mol. The quantitative estimate of drug-likeness (QED) is 0.538. The number of hydrogen-bond donors (Lipinski definition) is 2. The Balaban J connectivity index is 1.58. The summed E-state index contributed by atoms with van der Waals surface area (Å²) in [5.41, 5.74) is 5.24. The molecule has 0 radical (unpaired) electrons. The van der Waals surface area contributed by atoms with Crippen LogP contribution in [-0.4, -0.2) is 24.8 Å². The molecule has 0 aliphatic carbocycles. The van der Waals surface area contributed by atoms with Crippen LogP contribution in [0, 0.1) is 0 Å². The zero-order valence-corrected chi connectivity index (χ0v) is 13.4. The molecule has 21 heavy (non-hydrogen) atoms. The van der Waals surface area contributed by atoms with Gasteiger partial charge in [0.05, 0.1) is 0 Å². The summed E-state index contributed by atoms with van der Waals surface area (Å²) in [6, 6.07) is 10.2. The number of fused-ring (bicyclic) bond motifs is 1. The number of nitrogens with one attached hydrogen (secondary N) is 2. The van der Waals surface area contributed by atoms with E-state index in [1.165, 1.54) is 4.88 Å². The molecule has 3 heterocycles. The first-order valence-corrected chi connectivity index (χ1v) is 8.84. The van der Waals surface area contributed by atoms with Crippen molar-refractivity contribution in [3.63, 3.8) is 0 Å². The third kappa shape index (κ3) is 2.40. The maximum absolute atomic E-state index is 4.48. The van der Waals surface area contributed by atoms with Gasteiger partial charge < -0.3 is 0 Å². The summed E-state index contributed by atoms with van der Waals surface area (Å²) in [5, 5.41) is 12.8. The van der Waals surface area contributed by atoms with Gasteiger partial charge in [0.25, 0.3) is 0 Å². The summed E-state index contributed by atoms with van der Waals surface area (Å²) in [7, 11) is 0. The van der Waals surface area contributed by atoms with E-state index in [0.29, 0.717) is 6.54 Å². The van der Waals surface area contributed by atoms with Crippen molar-refractivity contribution >= 4 is 43.0 Å². The van der Waals surface area contributed by atoms with Gasteiger partial charge >= 0.3 is 131 Å². The van der Waals surface area contributed by atoms with E-state index in [0.717, 1.165) is 28.3 Å². The van der Waals surface area contributed by atoms with Crippen LogP contribution in [-0.2, 0) is 6.54 Å². The molecule has 104 valence electrons. The molecule has 4 rings (SSSR count). The summed E-state index contributed by atoms with van der Waals surface area (Å²) >= 11 is 1.70. The molecule has 1 aliphatic heterocycles. The van der Waals surface area contributed by atoms with E-state index in [1.54, 1.807) is 11.3 Å². The van der Waals surface area contributed by atoms with Gasteiger partial charge in [0.15, 0.2) is 0 Å². The van der Waals surface area contributed by atoms with Crippen LogP contribution in [0.3, 0.4) is 0 Å². The second-order valence-corrected chi connectivity index (χ2v) is 6.60. The third-order valence-electron chi connectivity index (χ3n) is 3.24. The van der Waals surface area contributed by atoms with Crippen LogP contribution in [0.5, 0.6) is 0 Å². The van der Waals surface area contributed by atoms with E-state index in [1.807, 2.05) is 30.5 Å². The van der Waals surface area contributed by atoms with E-state index in [2.05, 4.69) is 34.9 Å². The monoisotopic (exact) mass is 361 g/mol. The van der Waals surface area contributed by atoms with Gasteiger partial charge in [0.1, 0.15) is 0 Å². The summed E-state index contributed by atoms with van der Waals surface area (Å²) in [6.45, 7) is 0.711. The van der Waals surface area contributed by atoms with Gasteiger partial charge in [-0.2, -0.15) is 0 Å². The molecule has 0 spiro atoms. The van der Waals surface area contributed by atoms with Crippen LogP contribution >= 0.6 is 11.3 Å². The molecule has 0 fully saturated rings. The van der Waals surface area contributed by atoms with Gasteiger partial charge in [0.2, 0.25) is 0 Å². The zero-order valence-electron chi connectivity index (χ0n) is 10.9. The van der Waals surface area contributed by atoms with Crippen LogP contribution in [0.1, 0.15) is 5.56 Å². The Labute approximate surface area is 131 Å². The zero-order chi connectivity index (χ0) is 14.1. The minimum atomic E-state index is -0.00210. The van der Waals surface area contributed by atoms with Crippen molar-refractivity contribution in [3.8, 4) is 10.6 Å². The molecule has 0 amide bonds. The predicted molar refractivity (Wildman–Crippen MR) is 85.6 cm³/mol. The van der Waals surface area contributed by atoms with E-state index < -0.39 is 0 Å². The number of aromatic nitrogens is 2. The van der Waals surface area contributed by atoms with Gasteiger partial charge in [-0.05, 0) is 0 Å². The molecule has 0 unspecified atom stereocenters. The summed E-state index contributed by atoms with van der Waals surface area (Å²) in [6.07, 6.45) is 1.87. The minimum absolute atomic E-state index is 0.00210. The standard InChI is InChI=1S/C14H11N5SSe/c1-3-10(14-11(4-1)18-21-19-14)15-7-9-8-16-17-13(9)12-5-2-6-20-12/h1-6,8,15H,7H2,(H,16,17). The molecule has 0 saturated carbocycles. The molecule has 0 saturated heterocycles. The first-order chi connectivity index (χ1) is 10.4. The van der Waals surface area contributed by atoms with E-state index in [9.17, 15) is 0 Å². The molecule has 2 N–H and O–H groups in total. The van der Waals surface area contributed by atoms with Crippen LogP contribution < -0.4 is 5.32 Å². The van der Waals surface area contributed by atoms with Crippen LogP contribution in [0.25, 0.3) is 10.6 Å². The number of nitrogens with zero attached hydrogens (tertiary/aromatic N) is 3. The van der Waals surface area contributed by atoms with Crippen molar-refractivity contribution in [1.29, 1.82) is 0 Å². The van der Waals surface area contributed by atoms with Crippen molar-refractivity contribution in [2.24, 2.45) is 7.92 Å². The Bertz CT molecular complexity index is 846. The van der Waals surface area contributed by atoms with E-state index in [-0.39, 0.29) is 14.6 Å². The number of thiophene rings is 1. The van der Waals surface area contributed by atoms with Crippen molar-refractivity contribution < 1.29 is 0 Å². The molecule has 2 aromatic heterocycles. The topological polar surface area (TPSA) is 65.4 Å². The Hall–Kier alpha value is -1.95. The number of anilines is 1. The van der Waals surface area contributed by atoms with Crippen molar-refractivity contribution in [2.45, 2.75) is 6.54 Å². The first-order valence-electron chi connectivity index (χ1n) is 6.43. The normalized spacial score (nSPS) is 12.2. The number of H-pyrrole nitrogens is 1. The first kappa shape index (κ1) is 12.8. The number of rotatable bonds is 4. The van der Waals surface area contributed by atoms with E-state index in [4.69, 9.17) is 0 Å². The van der Waals surface area contributed by atoms with Crippen LogP contribution in [0.2, 0.25) is 0 Å². The summed E-state index contributed by atoms with van der Waals surface area (Å²) in [4.78, 5) is 1.20. The van der Waals surface area contributed by atoms with Gasteiger partial charge in [-0.3, -0.25) is 0 Å². The summed E-state index contributed by atoms with van der Waals surface area (Å²) < 4.78 is 8.89. The number of aromatic amines is 1. The molecule has 5 nitrogen and oxygen atoms in total. The fourth-order valence-electron chi connectivity index (χ4n) is 2.22. The third-order valence-corrected chi connectivity index (χ3v) is 5.27. The summed E-state index contributed by atoms with van der Waals surface area (Å²) in [5.74, 6) is 0. The second-order valence-electron chi connectivity index (χ2n) is 4.54. The molecule has 3 aromatic rings. The van der Waals surface area contributed by atoms with Gasteiger partial charge in [-0.25, -0.2) is 0 Å². The molecule has 7 heteroatoms. The Kier molecular flexibility index (Phi) is 3.31. The van der Waals surface area contributed by atoms with Gasteiger partial charge in [0, 0.05) is 0 Å².